The Morgan fingerprint density at radius 1 is 0.500 bits per heavy atom. The summed E-state index contributed by atoms with van der Waals surface area (Å²) in [6, 6.07) is 30.0. The quantitative estimate of drug-likeness (QED) is 0.299. The summed E-state index contributed by atoms with van der Waals surface area (Å²) in [4.78, 5) is 3.63. The van der Waals surface area contributed by atoms with E-state index in [1.54, 1.807) is 0 Å². The highest BCUT2D eigenvalue weighted by molar-refractivity contribution is 6.35. The normalized spacial score (nSPS) is 12.3. The first kappa shape index (κ1) is 14.3. The van der Waals surface area contributed by atoms with Gasteiger partial charge in [0.2, 0.25) is 0 Å². The van der Waals surface area contributed by atoms with E-state index in [2.05, 4.69) is 89.9 Å². The van der Waals surface area contributed by atoms with Crippen molar-refractivity contribution >= 4 is 65.3 Å². The third kappa shape index (κ3) is 1.64. The molecule has 7 aromatic rings. The largest absolute Gasteiger partial charge is 0.453 e. The highest BCUT2D eigenvalue weighted by atomic mass is 16.3. The zero-order valence-corrected chi connectivity index (χ0v) is 15.0. The molecule has 0 spiro atoms. The molecule has 0 aliphatic heterocycles. The van der Waals surface area contributed by atoms with Gasteiger partial charge < -0.3 is 9.40 Å². The van der Waals surface area contributed by atoms with Gasteiger partial charge in [0.25, 0.3) is 0 Å². The van der Waals surface area contributed by atoms with Crippen LogP contribution in [0.25, 0.3) is 65.3 Å². The molecule has 2 aromatic heterocycles. The van der Waals surface area contributed by atoms with Crippen LogP contribution >= 0.6 is 0 Å². The lowest BCUT2D eigenvalue weighted by Crippen LogP contribution is -1.78. The first-order valence-electron chi connectivity index (χ1n) is 9.55. The second kappa shape index (κ2) is 4.93. The molecule has 0 saturated carbocycles. The van der Waals surface area contributed by atoms with E-state index < -0.39 is 0 Å². The van der Waals surface area contributed by atoms with Crippen molar-refractivity contribution in [1.82, 2.24) is 4.98 Å². The number of rotatable bonds is 0. The van der Waals surface area contributed by atoms with Crippen LogP contribution in [0, 0.1) is 0 Å². The van der Waals surface area contributed by atoms with Crippen LogP contribution in [0.1, 0.15) is 0 Å². The van der Waals surface area contributed by atoms with Gasteiger partial charge in [0.15, 0.2) is 5.58 Å². The van der Waals surface area contributed by atoms with E-state index in [-0.39, 0.29) is 0 Å². The van der Waals surface area contributed by atoms with Crippen LogP contribution in [0.15, 0.2) is 89.3 Å². The maximum atomic E-state index is 6.59. The Kier molecular flexibility index (Phi) is 2.52. The molecule has 5 aromatic carbocycles. The van der Waals surface area contributed by atoms with E-state index in [1.807, 2.05) is 0 Å². The Morgan fingerprint density at radius 2 is 1.18 bits per heavy atom. The lowest BCUT2D eigenvalue weighted by Gasteiger charge is -2.03. The molecule has 0 fully saturated rings. The van der Waals surface area contributed by atoms with Gasteiger partial charge in [0.05, 0.1) is 5.52 Å². The zero-order valence-electron chi connectivity index (χ0n) is 15.0. The molecule has 1 N–H and O–H groups in total. The van der Waals surface area contributed by atoms with Gasteiger partial charge in [-0.05, 0) is 28.3 Å². The van der Waals surface area contributed by atoms with Gasteiger partial charge in [0, 0.05) is 32.4 Å². The molecule has 2 heteroatoms. The summed E-state index contributed by atoms with van der Waals surface area (Å²) in [6.07, 6.45) is 0. The Balaban J connectivity index is 1.87. The average molecular weight is 357 g/mol. The van der Waals surface area contributed by atoms with Gasteiger partial charge >= 0.3 is 0 Å². The number of H-pyrrole nitrogens is 1. The van der Waals surface area contributed by atoms with E-state index in [4.69, 9.17) is 4.42 Å². The van der Waals surface area contributed by atoms with E-state index in [1.165, 1.54) is 37.7 Å². The minimum Gasteiger partial charge on any atom is -0.453 e. The topological polar surface area (TPSA) is 28.9 Å². The molecular weight excluding hydrogens is 342 g/mol. The molecule has 0 saturated heterocycles. The minimum atomic E-state index is 0.941. The van der Waals surface area contributed by atoms with Gasteiger partial charge in [0.1, 0.15) is 5.58 Å². The SMILES string of the molecule is c1ccc2c(c1)ccc1c2oc2c3[nH]c4ccccc4c3c3ccccc3c12. The molecule has 2 nitrogen and oxygen atoms in total. The van der Waals surface area contributed by atoms with Crippen molar-refractivity contribution in [3.63, 3.8) is 0 Å². The molecule has 0 radical (unpaired) electrons. The Hall–Kier alpha value is -3.78. The molecule has 130 valence electrons. The molecule has 0 unspecified atom stereocenters. The lowest BCUT2D eigenvalue weighted by molar-refractivity contribution is 0.676. The monoisotopic (exact) mass is 357 g/mol. The number of nitrogens with one attached hydrogen (secondary N) is 1. The summed E-state index contributed by atoms with van der Waals surface area (Å²) >= 11 is 0. The molecular formula is C26H15NO. The second-order valence-corrected chi connectivity index (χ2v) is 7.44. The molecule has 2 heterocycles. The van der Waals surface area contributed by atoms with Crippen LogP contribution in [-0.4, -0.2) is 4.98 Å². The summed E-state index contributed by atoms with van der Waals surface area (Å²) in [5, 5.41) is 9.70. The van der Waals surface area contributed by atoms with Gasteiger partial charge in [-0.15, -0.1) is 0 Å². The highest BCUT2D eigenvalue weighted by Crippen LogP contribution is 2.44. The number of para-hydroxylation sites is 1. The summed E-state index contributed by atoms with van der Waals surface area (Å²) in [6.45, 7) is 0. The lowest BCUT2D eigenvalue weighted by atomic mass is 9.98. The van der Waals surface area contributed by atoms with Crippen molar-refractivity contribution in [2.45, 2.75) is 0 Å². The van der Waals surface area contributed by atoms with Crippen LogP contribution in [0.3, 0.4) is 0 Å². The van der Waals surface area contributed by atoms with Crippen LogP contribution in [-0.2, 0) is 0 Å². The smallest absolute Gasteiger partial charge is 0.160 e. The van der Waals surface area contributed by atoms with Gasteiger partial charge in [-0.3, -0.25) is 0 Å². The molecule has 0 bridgehead atoms. The van der Waals surface area contributed by atoms with Crippen LogP contribution in [0.2, 0.25) is 0 Å². The third-order valence-electron chi connectivity index (χ3n) is 5.98. The summed E-state index contributed by atoms with van der Waals surface area (Å²) in [5.74, 6) is 0. The maximum Gasteiger partial charge on any atom is 0.160 e. The molecule has 28 heavy (non-hydrogen) atoms. The number of aromatic nitrogens is 1. The van der Waals surface area contributed by atoms with Crippen LogP contribution in [0.4, 0.5) is 0 Å². The molecule has 0 amide bonds. The fourth-order valence-electron chi connectivity index (χ4n) is 4.78. The van der Waals surface area contributed by atoms with Crippen LogP contribution < -0.4 is 0 Å². The molecule has 7 rings (SSSR count). The first-order valence-corrected chi connectivity index (χ1v) is 9.55. The van der Waals surface area contributed by atoms with Crippen molar-refractivity contribution in [1.29, 1.82) is 0 Å². The standard InChI is InChI=1S/C26H15NO/c1-2-8-16-15(7-1)13-14-20-23-18-10-4-3-9-17(18)22-19-11-5-6-12-21(19)27-24(22)26(23)28-25(16)20/h1-14,27H. The van der Waals surface area contributed by atoms with Crippen molar-refractivity contribution in [3.8, 4) is 0 Å². The number of benzene rings is 5. The Labute approximate surface area is 160 Å². The third-order valence-corrected chi connectivity index (χ3v) is 5.98. The van der Waals surface area contributed by atoms with Gasteiger partial charge in [-0.25, -0.2) is 0 Å². The van der Waals surface area contributed by atoms with Crippen molar-refractivity contribution in [2.24, 2.45) is 0 Å². The van der Waals surface area contributed by atoms with E-state index in [0.29, 0.717) is 0 Å². The zero-order chi connectivity index (χ0) is 18.2. The first-order chi connectivity index (χ1) is 13.9. The highest BCUT2D eigenvalue weighted by Gasteiger charge is 2.19. The van der Waals surface area contributed by atoms with Crippen molar-refractivity contribution < 1.29 is 4.42 Å². The second-order valence-electron chi connectivity index (χ2n) is 7.44. The minimum absolute atomic E-state index is 0.941. The molecule has 0 aliphatic rings. The van der Waals surface area contributed by atoms with Crippen molar-refractivity contribution in [2.75, 3.05) is 0 Å². The predicted molar refractivity (Wildman–Crippen MR) is 118 cm³/mol. The maximum absolute atomic E-state index is 6.59. The van der Waals surface area contributed by atoms with Crippen molar-refractivity contribution in [3.05, 3.63) is 84.9 Å². The predicted octanol–water partition coefficient (Wildman–Crippen LogP) is 7.53. The summed E-state index contributed by atoms with van der Waals surface area (Å²) < 4.78 is 6.59. The fourth-order valence-corrected chi connectivity index (χ4v) is 4.78. The number of hydrogen-bond donors (Lipinski definition) is 1. The van der Waals surface area contributed by atoms with E-state index in [0.717, 1.165) is 27.6 Å². The average Bonchev–Trinajstić information content (AvgIpc) is 3.33. The van der Waals surface area contributed by atoms with E-state index in [9.17, 15) is 0 Å². The summed E-state index contributed by atoms with van der Waals surface area (Å²) in [7, 11) is 0. The number of aromatic amines is 1. The number of fused-ring (bicyclic) bond motifs is 12. The van der Waals surface area contributed by atoms with Gasteiger partial charge in [-0.2, -0.15) is 0 Å². The Morgan fingerprint density at radius 3 is 2.04 bits per heavy atom. The summed E-state index contributed by atoms with van der Waals surface area (Å²) in [5.41, 5.74) is 4.12. The number of hydrogen-bond acceptors (Lipinski definition) is 1. The molecule has 0 aliphatic carbocycles. The van der Waals surface area contributed by atoms with Gasteiger partial charge in [-0.1, -0.05) is 72.8 Å². The van der Waals surface area contributed by atoms with E-state index >= 15 is 0 Å². The fraction of sp³-hybridized carbons (Fsp3) is 0. The molecule has 0 atom stereocenters. The van der Waals surface area contributed by atoms with Crippen LogP contribution in [0.5, 0.6) is 0 Å². The Bertz CT molecular complexity index is 1720. The number of furan rings is 1.